The van der Waals surface area contributed by atoms with Gasteiger partial charge in [-0.3, -0.25) is 4.90 Å². The SMILES string of the molecule is OC[C@H]1CCCN1Cc1ccc(I)cc1. The van der Waals surface area contributed by atoms with Crippen LogP contribution in [0.2, 0.25) is 0 Å². The standard InChI is InChI=1S/C12H16INO/c13-11-5-3-10(4-6-11)8-14-7-1-2-12(14)9-15/h3-6,12,15H,1-2,7-9H2/t12-/m1/s1. The van der Waals surface area contributed by atoms with Crippen molar-refractivity contribution in [3.8, 4) is 0 Å². The summed E-state index contributed by atoms with van der Waals surface area (Å²) in [4.78, 5) is 2.38. The van der Waals surface area contributed by atoms with Gasteiger partial charge < -0.3 is 5.11 Å². The van der Waals surface area contributed by atoms with E-state index in [0.29, 0.717) is 12.6 Å². The molecule has 0 aromatic heterocycles. The fourth-order valence-electron chi connectivity index (χ4n) is 2.13. The fraction of sp³-hybridized carbons (Fsp3) is 0.500. The van der Waals surface area contributed by atoms with E-state index in [-0.39, 0.29) is 0 Å². The van der Waals surface area contributed by atoms with E-state index in [1.54, 1.807) is 0 Å². The van der Waals surface area contributed by atoms with Gasteiger partial charge in [0.05, 0.1) is 6.61 Å². The molecule has 1 saturated heterocycles. The highest BCUT2D eigenvalue weighted by molar-refractivity contribution is 14.1. The van der Waals surface area contributed by atoms with Gasteiger partial charge in [0.25, 0.3) is 0 Å². The quantitative estimate of drug-likeness (QED) is 0.865. The number of aliphatic hydroxyl groups excluding tert-OH is 1. The van der Waals surface area contributed by atoms with Gasteiger partial charge in [-0.1, -0.05) is 12.1 Å². The zero-order valence-electron chi connectivity index (χ0n) is 8.69. The lowest BCUT2D eigenvalue weighted by Gasteiger charge is -2.22. The van der Waals surface area contributed by atoms with Crippen LogP contribution in [-0.4, -0.2) is 29.2 Å². The molecule has 82 valence electrons. The second-order valence-electron chi connectivity index (χ2n) is 4.08. The highest BCUT2D eigenvalue weighted by atomic mass is 127. The van der Waals surface area contributed by atoms with E-state index < -0.39 is 0 Å². The van der Waals surface area contributed by atoms with Gasteiger partial charge in [0.2, 0.25) is 0 Å². The number of likely N-dealkylation sites (tertiary alicyclic amines) is 1. The van der Waals surface area contributed by atoms with Crippen LogP contribution >= 0.6 is 22.6 Å². The van der Waals surface area contributed by atoms with Crippen molar-refractivity contribution in [2.75, 3.05) is 13.2 Å². The third-order valence-electron chi connectivity index (χ3n) is 3.01. The Balaban J connectivity index is 1.99. The summed E-state index contributed by atoms with van der Waals surface area (Å²) in [5.41, 5.74) is 1.34. The van der Waals surface area contributed by atoms with Crippen LogP contribution in [0.4, 0.5) is 0 Å². The average molecular weight is 317 g/mol. The molecule has 15 heavy (non-hydrogen) atoms. The van der Waals surface area contributed by atoms with E-state index in [0.717, 1.165) is 19.5 Å². The highest BCUT2D eigenvalue weighted by Crippen LogP contribution is 2.19. The third-order valence-corrected chi connectivity index (χ3v) is 3.73. The maximum Gasteiger partial charge on any atom is 0.0587 e. The van der Waals surface area contributed by atoms with Gasteiger partial charge >= 0.3 is 0 Å². The van der Waals surface area contributed by atoms with Crippen molar-refractivity contribution in [3.05, 3.63) is 33.4 Å². The Morgan fingerprint density at radius 3 is 2.73 bits per heavy atom. The zero-order valence-corrected chi connectivity index (χ0v) is 10.9. The number of hydrogen-bond donors (Lipinski definition) is 1. The monoisotopic (exact) mass is 317 g/mol. The highest BCUT2D eigenvalue weighted by Gasteiger charge is 2.23. The van der Waals surface area contributed by atoms with E-state index in [1.807, 2.05) is 0 Å². The van der Waals surface area contributed by atoms with Crippen molar-refractivity contribution in [2.24, 2.45) is 0 Å². The predicted molar refractivity (Wildman–Crippen MR) is 69.7 cm³/mol. The minimum atomic E-state index is 0.296. The lowest BCUT2D eigenvalue weighted by atomic mass is 10.2. The summed E-state index contributed by atoms with van der Waals surface area (Å²) in [5, 5.41) is 9.22. The Bertz CT molecular complexity index is 312. The topological polar surface area (TPSA) is 23.5 Å². The Labute approximate surface area is 104 Å². The van der Waals surface area contributed by atoms with E-state index in [2.05, 4.69) is 51.8 Å². The lowest BCUT2D eigenvalue weighted by molar-refractivity contribution is 0.153. The number of halogens is 1. The molecule has 1 N–H and O–H groups in total. The van der Waals surface area contributed by atoms with Crippen LogP contribution in [0.1, 0.15) is 18.4 Å². The molecule has 0 saturated carbocycles. The zero-order chi connectivity index (χ0) is 10.7. The van der Waals surface area contributed by atoms with Gasteiger partial charge in [-0.15, -0.1) is 0 Å². The molecule has 2 nitrogen and oxygen atoms in total. The Morgan fingerprint density at radius 2 is 2.07 bits per heavy atom. The van der Waals surface area contributed by atoms with Crippen LogP contribution < -0.4 is 0 Å². The molecule has 1 heterocycles. The first-order chi connectivity index (χ1) is 7.29. The molecule has 1 aliphatic rings. The maximum atomic E-state index is 9.22. The van der Waals surface area contributed by atoms with Crippen LogP contribution in [0.3, 0.4) is 0 Å². The van der Waals surface area contributed by atoms with Crippen LogP contribution in [0.25, 0.3) is 0 Å². The van der Waals surface area contributed by atoms with Gasteiger partial charge in [0.1, 0.15) is 0 Å². The van der Waals surface area contributed by atoms with E-state index in [4.69, 9.17) is 0 Å². The number of rotatable bonds is 3. The summed E-state index contributed by atoms with van der Waals surface area (Å²) < 4.78 is 1.27. The maximum absolute atomic E-state index is 9.22. The van der Waals surface area contributed by atoms with Crippen molar-refractivity contribution in [1.82, 2.24) is 4.90 Å². The van der Waals surface area contributed by atoms with Crippen molar-refractivity contribution in [3.63, 3.8) is 0 Å². The van der Waals surface area contributed by atoms with Crippen molar-refractivity contribution in [1.29, 1.82) is 0 Å². The van der Waals surface area contributed by atoms with E-state index in [9.17, 15) is 5.11 Å². The van der Waals surface area contributed by atoms with E-state index in [1.165, 1.54) is 15.6 Å². The number of benzene rings is 1. The lowest BCUT2D eigenvalue weighted by Crippen LogP contribution is -2.31. The van der Waals surface area contributed by atoms with Gasteiger partial charge in [0.15, 0.2) is 0 Å². The predicted octanol–water partition coefficient (Wildman–Crippen LogP) is 2.25. The second-order valence-corrected chi connectivity index (χ2v) is 5.32. The summed E-state index contributed by atoms with van der Waals surface area (Å²) in [6.07, 6.45) is 2.36. The third kappa shape index (κ3) is 2.92. The molecule has 0 unspecified atom stereocenters. The molecule has 0 spiro atoms. The average Bonchev–Trinajstić information content (AvgIpc) is 2.69. The molecule has 1 aromatic carbocycles. The molecule has 0 radical (unpaired) electrons. The Kier molecular flexibility index (Phi) is 3.99. The first-order valence-electron chi connectivity index (χ1n) is 5.39. The largest absolute Gasteiger partial charge is 0.395 e. The first-order valence-corrected chi connectivity index (χ1v) is 6.47. The van der Waals surface area contributed by atoms with Gasteiger partial charge in [-0.2, -0.15) is 0 Å². The van der Waals surface area contributed by atoms with Crippen LogP contribution in [0, 0.1) is 3.57 Å². The Hall–Kier alpha value is -0.130. The number of hydrogen-bond acceptors (Lipinski definition) is 2. The van der Waals surface area contributed by atoms with Crippen molar-refractivity contribution >= 4 is 22.6 Å². The van der Waals surface area contributed by atoms with Crippen molar-refractivity contribution < 1.29 is 5.11 Å². The summed E-state index contributed by atoms with van der Waals surface area (Å²) in [6, 6.07) is 9.01. The van der Waals surface area contributed by atoms with Crippen LogP contribution in [-0.2, 0) is 6.54 Å². The molecule has 0 amide bonds. The summed E-state index contributed by atoms with van der Waals surface area (Å²) in [7, 11) is 0. The van der Waals surface area contributed by atoms with E-state index >= 15 is 0 Å². The summed E-state index contributed by atoms with van der Waals surface area (Å²) in [6.45, 7) is 2.39. The van der Waals surface area contributed by atoms with Crippen molar-refractivity contribution in [2.45, 2.75) is 25.4 Å². The first kappa shape index (κ1) is 11.4. The Morgan fingerprint density at radius 1 is 1.33 bits per heavy atom. The smallest absolute Gasteiger partial charge is 0.0587 e. The normalized spacial score (nSPS) is 22.1. The molecular formula is C12H16INO. The minimum absolute atomic E-state index is 0.296. The number of aliphatic hydroxyl groups is 1. The summed E-state index contributed by atoms with van der Waals surface area (Å²) >= 11 is 2.32. The molecule has 0 bridgehead atoms. The molecule has 0 aliphatic carbocycles. The second kappa shape index (κ2) is 5.27. The minimum Gasteiger partial charge on any atom is -0.395 e. The molecular weight excluding hydrogens is 301 g/mol. The van der Waals surface area contributed by atoms with Gasteiger partial charge in [-0.05, 0) is 59.7 Å². The fourth-order valence-corrected chi connectivity index (χ4v) is 2.49. The molecule has 1 fully saturated rings. The van der Waals surface area contributed by atoms with Crippen LogP contribution in [0.5, 0.6) is 0 Å². The molecule has 1 aliphatic heterocycles. The summed E-state index contributed by atoms with van der Waals surface area (Å²) in [5.74, 6) is 0. The molecule has 3 heteroatoms. The van der Waals surface area contributed by atoms with Gasteiger partial charge in [0, 0.05) is 16.2 Å². The molecule has 1 atom stereocenters. The number of nitrogens with zero attached hydrogens (tertiary/aromatic N) is 1. The molecule has 2 rings (SSSR count). The molecule has 1 aromatic rings. The van der Waals surface area contributed by atoms with Gasteiger partial charge in [-0.25, -0.2) is 0 Å². The van der Waals surface area contributed by atoms with Crippen LogP contribution in [0.15, 0.2) is 24.3 Å².